The molecule has 3 aromatic rings. The van der Waals surface area contributed by atoms with Gasteiger partial charge in [-0.1, -0.05) is 15.9 Å². The minimum absolute atomic E-state index is 0.492. The molecule has 0 atom stereocenters. The molecule has 0 fully saturated rings. The van der Waals surface area contributed by atoms with Gasteiger partial charge in [0, 0.05) is 11.5 Å². The van der Waals surface area contributed by atoms with Crippen LogP contribution < -0.4 is 15.4 Å². The summed E-state index contributed by atoms with van der Waals surface area (Å²) in [6.45, 7) is 0. The van der Waals surface area contributed by atoms with Crippen LogP contribution in [0.5, 0.6) is 5.75 Å². The van der Waals surface area contributed by atoms with E-state index in [2.05, 4.69) is 46.5 Å². The lowest BCUT2D eigenvalue weighted by molar-refractivity contribution is 0.416. The van der Waals surface area contributed by atoms with Crippen LogP contribution in [0.1, 0.15) is 0 Å². The molecule has 0 aliphatic heterocycles. The zero-order chi connectivity index (χ0) is 14.8. The third kappa shape index (κ3) is 2.62. The highest BCUT2D eigenvalue weighted by Gasteiger charge is 2.12. The number of nitrogens with zero attached hydrogens (tertiary/aromatic N) is 3. The highest BCUT2D eigenvalue weighted by molar-refractivity contribution is 9.10. The molecule has 0 bridgehead atoms. The number of halogens is 1. The van der Waals surface area contributed by atoms with Crippen molar-refractivity contribution in [2.24, 2.45) is 0 Å². The zero-order valence-electron chi connectivity index (χ0n) is 11.4. The third-order valence-corrected chi connectivity index (χ3v) is 3.42. The Hall–Kier alpha value is -2.35. The first-order valence-corrected chi connectivity index (χ1v) is 7.00. The van der Waals surface area contributed by atoms with E-state index >= 15 is 0 Å². The van der Waals surface area contributed by atoms with Crippen molar-refractivity contribution in [3.05, 3.63) is 29.0 Å². The van der Waals surface area contributed by atoms with Gasteiger partial charge in [0.25, 0.3) is 0 Å². The van der Waals surface area contributed by atoms with Gasteiger partial charge in [-0.15, -0.1) is 0 Å². The summed E-state index contributed by atoms with van der Waals surface area (Å²) in [6, 6.07) is 5.70. The number of methoxy groups -OCH3 is 1. The van der Waals surface area contributed by atoms with Crippen molar-refractivity contribution >= 4 is 44.5 Å². The minimum atomic E-state index is 0.492. The molecule has 7 nitrogen and oxygen atoms in total. The Morgan fingerprint density at radius 3 is 2.90 bits per heavy atom. The number of hydrogen-bond acceptors (Lipinski definition) is 6. The van der Waals surface area contributed by atoms with Crippen LogP contribution in [-0.2, 0) is 0 Å². The number of nitrogens with one attached hydrogen (secondary N) is 3. The summed E-state index contributed by atoms with van der Waals surface area (Å²) in [5.74, 6) is 1.83. The molecule has 0 unspecified atom stereocenters. The molecule has 0 aliphatic rings. The molecule has 0 radical (unpaired) electrons. The van der Waals surface area contributed by atoms with Crippen LogP contribution in [0.2, 0.25) is 0 Å². The van der Waals surface area contributed by atoms with Crippen LogP contribution >= 0.6 is 15.9 Å². The molecule has 0 saturated heterocycles. The van der Waals surface area contributed by atoms with Crippen molar-refractivity contribution in [3.8, 4) is 5.75 Å². The maximum absolute atomic E-state index is 5.35. The van der Waals surface area contributed by atoms with Crippen molar-refractivity contribution < 1.29 is 4.74 Å². The van der Waals surface area contributed by atoms with E-state index in [1.165, 1.54) is 0 Å². The van der Waals surface area contributed by atoms with Crippen LogP contribution in [-0.4, -0.2) is 34.1 Å². The second-order valence-corrected chi connectivity index (χ2v) is 5.13. The SMILES string of the molecule is CNc1nc(Nc2cc(Br)ccc2OC)c2[nH]cnc2n1. The molecule has 3 N–H and O–H groups in total. The molecule has 3 rings (SSSR count). The van der Waals surface area contributed by atoms with E-state index in [0.29, 0.717) is 17.4 Å². The van der Waals surface area contributed by atoms with Gasteiger partial charge in [-0.3, -0.25) is 0 Å². The predicted molar refractivity (Wildman–Crippen MR) is 85.2 cm³/mol. The molecule has 2 heterocycles. The summed E-state index contributed by atoms with van der Waals surface area (Å²) in [5, 5.41) is 6.17. The first-order valence-electron chi connectivity index (χ1n) is 6.20. The molecule has 8 heteroatoms. The topological polar surface area (TPSA) is 87.8 Å². The number of aromatic nitrogens is 4. The van der Waals surface area contributed by atoms with E-state index in [1.54, 1.807) is 20.5 Å². The first kappa shape index (κ1) is 13.6. The van der Waals surface area contributed by atoms with E-state index in [-0.39, 0.29) is 0 Å². The van der Waals surface area contributed by atoms with Crippen molar-refractivity contribution in [2.45, 2.75) is 0 Å². The highest BCUT2D eigenvalue weighted by atomic mass is 79.9. The smallest absolute Gasteiger partial charge is 0.226 e. The fraction of sp³-hybridized carbons (Fsp3) is 0.154. The summed E-state index contributed by atoms with van der Waals surface area (Å²) in [6.07, 6.45) is 1.59. The fourth-order valence-corrected chi connectivity index (χ4v) is 2.30. The lowest BCUT2D eigenvalue weighted by Gasteiger charge is -2.12. The van der Waals surface area contributed by atoms with Gasteiger partial charge in [-0.05, 0) is 18.2 Å². The van der Waals surface area contributed by atoms with Crippen molar-refractivity contribution in [3.63, 3.8) is 0 Å². The van der Waals surface area contributed by atoms with Crippen molar-refractivity contribution in [1.29, 1.82) is 0 Å². The van der Waals surface area contributed by atoms with Crippen LogP contribution in [0, 0.1) is 0 Å². The second kappa shape index (κ2) is 5.57. The Morgan fingerprint density at radius 2 is 2.14 bits per heavy atom. The number of anilines is 3. The maximum atomic E-state index is 5.35. The number of ether oxygens (including phenoxy) is 1. The zero-order valence-corrected chi connectivity index (χ0v) is 13.0. The molecule has 108 valence electrons. The highest BCUT2D eigenvalue weighted by Crippen LogP contribution is 2.31. The molecular weight excluding hydrogens is 336 g/mol. The quantitative estimate of drug-likeness (QED) is 0.671. The summed E-state index contributed by atoms with van der Waals surface area (Å²) in [7, 11) is 3.39. The van der Waals surface area contributed by atoms with Gasteiger partial charge >= 0.3 is 0 Å². The average Bonchev–Trinajstić information content (AvgIpc) is 2.96. The molecule has 0 spiro atoms. The molecule has 2 aromatic heterocycles. The number of fused-ring (bicyclic) bond motifs is 1. The monoisotopic (exact) mass is 348 g/mol. The minimum Gasteiger partial charge on any atom is -0.495 e. The lowest BCUT2D eigenvalue weighted by Crippen LogP contribution is -2.02. The Kier molecular flexibility index (Phi) is 3.61. The summed E-state index contributed by atoms with van der Waals surface area (Å²) < 4.78 is 6.29. The van der Waals surface area contributed by atoms with Crippen LogP contribution in [0.15, 0.2) is 29.0 Å². The molecular formula is C13H13BrN6O. The van der Waals surface area contributed by atoms with E-state index in [9.17, 15) is 0 Å². The predicted octanol–water partition coefficient (Wildman–Crippen LogP) is 2.91. The number of benzene rings is 1. The number of imidazole rings is 1. The van der Waals surface area contributed by atoms with E-state index in [1.807, 2.05) is 18.2 Å². The Balaban J connectivity index is 2.09. The number of hydrogen-bond donors (Lipinski definition) is 3. The number of rotatable bonds is 4. The van der Waals surface area contributed by atoms with Crippen LogP contribution in [0.3, 0.4) is 0 Å². The van der Waals surface area contributed by atoms with E-state index in [0.717, 1.165) is 21.4 Å². The Morgan fingerprint density at radius 1 is 1.29 bits per heavy atom. The van der Waals surface area contributed by atoms with Crippen molar-refractivity contribution in [2.75, 3.05) is 24.8 Å². The average molecular weight is 349 g/mol. The van der Waals surface area contributed by atoms with Gasteiger partial charge in [0.05, 0.1) is 19.1 Å². The summed E-state index contributed by atoms with van der Waals surface area (Å²) in [5.41, 5.74) is 2.12. The lowest BCUT2D eigenvalue weighted by atomic mass is 10.3. The molecule has 0 aliphatic carbocycles. The molecule has 1 aromatic carbocycles. The third-order valence-electron chi connectivity index (χ3n) is 2.92. The Labute approximate surface area is 129 Å². The van der Waals surface area contributed by atoms with Crippen LogP contribution in [0.4, 0.5) is 17.5 Å². The molecule has 21 heavy (non-hydrogen) atoms. The number of H-pyrrole nitrogens is 1. The summed E-state index contributed by atoms with van der Waals surface area (Å²) in [4.78, 5) is 15.9. The fourth-order valence-electron chi connectivity index (χ4n) is 1.94. The second-order valence-electron chi connectivity index (χ2n) is 4.22. The van der Waals surface area contributed by atoms with Crippen LogP contribution in [0.25, 0.3) is 11.2 Å². The van der Waals surface area contributed by atoms with E-state index < -0.39 is 0 Å². The maximum Gasteiger partial charge on any atom is 0.226 e. The molecule has 0 amide bonds. The van der Waals surface area contributed by atoms with Gasteiger partial charge in [0.15, 0.2) is 11.5 Å². The van der Waals surface area contributed by atoms with Gasteiger partial charge in [0.1, 0.15) is 11.3 Å². The van der Waals surface area contributed by atoms with Crippen molar-refractivity contribution in [1.82, 2.24) is 19.9 Å². The normalized spacial score (nSPS) is 10.6. The largest absolute Gasteiger partial charge is 0.495 e. The number of aromatic amines is 1. The van der Waals surface area contributed by atoms with Gasteiger partial charge < -0.3 is 20.4 Å². The Bertz CT molecular complexity index is 787. The summed E-state index contributed by atoms with van der Waals surface area (Å²) >= 11 is 3.45. The van der Waals surface area contributed by atoms with E-state index in [4.69, 9.17) is 4.74 Å². The van der Waals surface area contributed by atoms with Gasteiger partial charge in [-0.2, -0.15) is 9.97 Å². The molecule has 0 saturated carbocycles. The first-order chi connectivity index (χ1) is 10.2. The van der Waals surface area contributed by atoms with Gasteiger partial charge in [-0.25, -0.2) is 4.98 Å². The standard InChI is InChI=1S/C13H13BrN6O/c1-15-13-19-11-10(16-6-17-11)12(20-13)18-8-5-7(14)3-4-9(8)21-2/h3-6H,1-2H3,(H3,15,16,17,18,19,20). The van der Waals surface area contributed by atoms with Gasteiger partial charge in [0.2, 0.25) is 5.95 Å².